The lowest BCUT2D eigenvalue weighted by atomic mass is 10.2. The number of hydrogen-bond donors (Lipinski definition) is 0. The van der Waals surface area contributed by atoms with E-state index in [0.717, 1.165) is 0 Å². The predicted octanol–water partition coefficient (Wildman–Crippen LogP) is 1.23. The average Bonchev–Trinajstić information content (AvgIpc) is 1.90. The molecular weight excluding hydrogens is 146 g/mol. The number of nitrogens with zero attached hydrogens (tertiary/aromatic N) is 1. The molecule has 0 aromatic heterocycles. The molecule has 0 heterocycles. The molecule has 0 aliphatic heterocycles. The van der Waals surface area contributed by atoms with Gasteiger partial charge in [-0.25, -0.2) is 4.79 Å². The lowest BCUT2D eigenvalue weighted by molar-refractivity contribution is -0.135. The molecule has 0 bridgehead atoms. The van der Waals surface area contributed by atoms with Crippen molar-refractivity contribution in [1.82, 2.24) is 0 Å². The van der Waals surface area contributed by atoms with Gasteiger partial charge in [-0.1, -0.05) is 12.1 Å². The largest absolute Gasteiger partial charge is 0.352 e. The molecule has 0 aliphatic carbocycles. The molecular formula is C4H6ClNO3. The molecule has 9 heavy (non-hydrogen) atoms. The number of halogens is 1. The first kappa shape index (κ1) is 8.36. The Balaban J connectivity index is 3.78. The van der Waals surface area contributed by atoms with Crippen LogP contribution in [-0.2, 0) is 9.08 Å². The van der Waals surface area contributed by atoms with E-state index in [2.05, 4.69) is 21.3 Å². The van der Waals surface area contributed by atoms with Crippen LogP contribution in [0.1, 0.15) is 13.3 Å². The summed E-state index contributed by atoms with van der Waals surface area (Å²) in [6.45, 7) is 1.64. The Morgan fingerprint density at radius 3 is 2.56 bits per heavy atom. The minimum Gasteiger partial charge on any atom is -0.345 e. The summed E-state index contributed by atoms with van der Waals surface area (Å²) >= 11 is 4.66. The van der Waals surface area contributed by atoms with Gasteiger partial charge in [-0.05, 0) is 6.42 Å². The van der Waals surface area contributed by atoms with E-state index in [0.29, 0.717) is 6.42 Å². The van der Waals surface area contributed by atoms with E-state index in [1.807, 2.05) is 0 Å². The highest BCUT2D eigenvalue weighted by atomic mass is 35.5. The molecule has 5 heteroatoms. The summed E-state index contributed by atoms with van der Waals surface area (Å²) in [7, 11) is 0. The standard InChI is InChI=1S/C4H6ClNO3/c1-2-3(6-8)4(7)9-5/h3H,2H2,1H3. The van der Waals surface area contributed by atoms with Gasteiger partial charge >= 0.3 is 5.97 Å². The Morgan fingerprint density at radius 2 is 2.44 bits per heavy atom. The van der Waals surface area contributed by atoms with Gasteiger partial charge in [-0.2, -0.15) is 0 Å². The second-order valence-corrected chi connectivity index (χ2v) is 1.58. The summed E-state index contributed by atoms with van der Waals surface area (Å²) < 4.78 is 3.73. The maximum Gasteiger partial charge on any atom is 0.352 e. The van der Waals surface area contributed by atoms with Crippen LogP contribution >= 0.6 is 11.9 Å². The zero-order chi connectivity index (χ0) is 7.28. The Bertz CT molecular complexity index is 116. The van der Waals surface area contributed by atoms with Crippen LogP contribution in [0.3, 0.4) is 0 Å². The fraction of sp³-hybridized carbons (Fsp3) is 0.750. The second kappa shape index (κ2) is 4.26. The van der Waals surface area contributed by atoms with Crippen molar-refractivity contribution in [3.05, 3.63) is 4.91 Å². The first-order chi connectivity index (χ1) is 4.26. The van der Waals surface area contributed by atoms with E-state index in [9.17, 15) is 9.70 Å². The normalized spacial score (nSPS) is 12.2. The summed E-state index contributed by atoms with van der Waals surface area (Å²) in [5.41, 5.74) is 0. The van der Waals surface area contributed by atoms with Gasteiger partial charge in [-0.15, -0.1) is 4.91 Å². The minimum absolute atomic E-state index is 0.315. The molecule has 0 saturated heterocycles. The Morgan fingerprint density at radius 1 is 1.89 bits per heavy atom. The van der Waals surface area contributed by atoms with Crippen molar-refractivity contribution >= 4 is 17.8 Å². The van der Waals surface area contributed by atoms with Crippen LogP contribution in [0.25, 0.3) is 0 Å². The van der Waals surface area contributed by atoms with Crippen molar-refractivity contribution < 1.29 is 9.08 Å². The molecule has 1 unspecified atom stereocenters. The number of carbonyl (C=O) groups is 1. The number of hydrogen-bond acceptors (Lipinski definition) is 4. The van der Waals surface area contributed by atoms with Crippen molar-refractivity contribution in [2.45, 2.75) is 19.4 Å². The number of nitroso groups, excluding NO2 is 1. The van der Waals surface area contributed by atoms with E-state index in [-0.39, 0.29) is 0 Å². The van der Waals surface area contributed by atoms with Crippen LogP contribution in [0, 0.1) is 4.91 Å². The zero-order valence-corrected chi connectivity index (χ0v) is 5.59. The van der Waals surface area contributed by atoms with E-state index in [4.69, 9.17) is 0 Å². The van der Waals surface area contributed by atoms with E-state index >= 15 is 0 Å². The lowest BCUT2D eigenvalue weighted by Gasteiger charge is -1.97. The number of carbonyl (C=O) groups excluding carboxylic acids is 1. The third-order valence-electron chi connectivity index (χ3n) is 0.862. The molecule has 0 aliphatic rings. The zero-order valence-electron chi connectivity index (χ0n) is 4.83. The summed E-state index contributed by atoms with van der Waals surface area (Å²) in [5, 5.41) is 2.47. The molecule has 4 nitrogen and oxygen atoms in total. The Kier molecular flexibility index (Phi) is 3.96. The number of rotatable bonds is 3. The van der Waals surface area contributed by atoms with Crippen LogP contribution in [0.15, 0.2) is 5.18 Å². The first-order valence-corrected chi connectivity index (χ1v) is 2.72. The molecule has 0 N–H and O–H groups in total. The van der Waals surface area contributed by atoms with Crippen molar-refractivity contribution in [2.75, 3.05) is 0 Å². The van der Waals surface area contributed by atoms with Crippen molar-refractivity contribution in [3.63, 3.8) is 0 Å². The molecule has 0 amide bonds. The van der Waals surface area contributed by atoms with Gasteiger partial charge in [0.15, 0.2) is 6.04 Å². The Labute approximate surface area is 57.3 Å². The molecule has 0 spiro atoms. The van der Waals surface area contributed by atoms with Gasteiger partial charge in [0.05, 0.1) is 0 Å². The summed E-state index contributed by atoms with van der Waals surface area (Å²) in [6, 6.07) is -0.956. The molecule has 52 valence electrons. The highest BCUT2D eigenvalue weighted by Gasteiger charge is 2.17. The minimum atomic E-state index is -0.956. The van der Waals surface area contributed by atoms with Crippen LogP contribution in [0.4, 0.5) is 0 Å². The fourth-order valence-electron chi connectivity index (χ4n) is 0.336. The molecule has 0 fully saturated rings. The van der Waals surface area contributed by atoms with Crippen LogP contribution in [0.5, 0.6) is 0 Å². The van der Waals surface area contributed by atoms with E-state index in [1.54, 1.807) is 6.92 Å². The summed E-state index contributed by atoms with van der Waals surface area (Å²) in [5.74, 6) is -0.797. The summed E-state index contributed by atoms with van der Waals surface area (Å²) in [4.78, 5) is 20.1. The van der Waals surface area contributed by atoms with Gasteiger partial charge in [0, 0.05) is 0 Å². The van der Waals surface area contributed by atoms with Crippen LogP contribution < -0.4 is 0 Å². The predicted molar refractivity (Wildman–Crippen MR) is 31.8 cm³/mol. The molecule has 1 atom stereocenters. The van der Waals surface area contributed by atoms with E-state index in [1.165, 1.54) is 0 Å². The van der Waals surface area contributed by atoms with Gasteiger partial charge in [0.2, 0.25) is 0 Å². The molecule has 0 aromatic carbocycles. The highest BCUT2D eigenvalue weighted by Crippen LogP contribution is 2.00. The van der Waals surface area contributed by atoms with Crippen molar-refractivity contribution in [3.8, 4) is 0 Å². The average molecular weight is 152 g/mol. The molecule has 0 saturated carbocycles. The lowest BCUT2D eigenvalue weighted by Crippen LogP contribution is -2.16. The maximum atomic E-state index is 10.3. The fourth-order valence-corrected chi connectivity index (χ4v) is 0.438. The first-order valence-electron chi connectivity index (χ1n) is 2.41. The van der Waals surface area contributed by atoms with Crippen molar-refractivity contribution in [1.29, 1.82) is 0 Å². The highest BCUT2D eigenvalue weighted by molar-refractivity contribution is 6.13. The Hall–Kier alpha value is -0.640. The SMILES string of the molecule is CCC(N=O)C(=O)OCl. The van der Waals surface area contributed by atoms with Crippen molar-refractivity contribution in [2.24, 2.45) is 5.18 Å². The molecule has 0 aromatic rings. The second-order valence-electron chi connectivity index (χ2n) is 1.43. The van der Waals surface area contributed by atoms with Crippen LogP contribution in [-0.4, -0.2) is 12.0 Å². The third kappa shape index (κ3) is 2.41. The van der Waals surface area contributed by atoms with Gasteiger partial charge < -0.3 is 4.29 Å². The molecule has 0 radical (unpaired) electrons. The topological polar surface area (TPSA) is 55.7 Å². The monoisotopic (exact) mass is 151 g/mol. The van der Waals surface area contributed by atoms with Gasteiger partial charge in [0.25, 0.3) is 0 Å². The summed E-state index contributed by atoms with van der Waals surface area (Å²) in [6.07, 6.45) is 0.315. The van der Waals surface area contributed by atoms with Gasteiger partial charge in [-0.3, -0.25) is 0 Å². The third-order valence-corrected chi connectivity index (χ3v) is 1.01. The molecule has 0 rings (SSSR count). The quantitative estimate of drug-likeness (QED) is 0.570. The van der Waals surface area contributed by atoms with Crippen LogP contribution in [0.2, 0.25) is 0 Å². The van der Waals surface area contributed by atoms with Gasteiger partial charge in [0.1, 0.15) is 11.9 Å². The maximum absolute atomic E-state index is 10.3. The smallest absolute Gasteiger partial charge is 0.345 e. The van der Waals surface area contributed by atoms with E-state index < -0.39 is 12.0 Å².